The molecule has 2 heterocycles. The van der Waals surface area contributed by atoms with Crippen molar-refractivity contribution in [2.24, 2.45) is 0 Å². The average molecular weight is 357 g/mol. The maximum atomic E-state index is 12.8. The smallest absolute Gasteiger partial charge is 0.416 e. The highest BCUT2D eigenvalue weighted by Gasteiger charge is 2.30. The van der Waals surface area contributed by atoms with Gasteiger partial charge >= 0.3 is 12.3 Å². The van der Waals surface area contributed by atoms with Crippen LogP contribution < -0.4 is 0 Å². The Hall–Kier alpha value is -1.80. The molecule has 2 aliphatic rings. The number of carbonyl (C=O) groups is 1. The summed E-state index contributed by atoms with van der Waals surface area (Å²) in [5, 5.41) is 0. The lowest BCUT2D eigenvalue weighted by molar-refractivity contribution is -0.137. The molecule has 0 atom stereocenters. The number of cyclic esters (lactones) is 1. The Bertz CT molecular complexity index is 601. The zero-order valence-electron chi connectivity index (χ0n) is 14.0. The topological polar surface area (TPSA) is 36.0 Å². The molecule has 0 bridgehead atoms. The number of hydrogen-bond acceptors (Lipinski definition) is 4. The lowest BCUT2D eigenvalue weighted by atomic mass is 10.1. The predicted octanol–water partition coefficient (Wildman–Crippen LogP) is 2.28. The number of hydrogen-bond donors (Lipinski definition) is 0. The normalized spacial score (nSPS) is 20.1. The van der Waals surface area contributed by atoms with Gasteiger partial charge in [-0.05, 0) is 11.6 Å². The van der Waals surface area contributed by atoms with Crippen LogP contribution in [0.4, 0.5) is 18.0 Å². The fraction of sp³-hybridized carbons (Fsp3) is 0.588. The largest absolute Gasteiger partial charge is 0.448 e. The second kappa shape index (κ2) is 7.61. The summed E-state index contributed by atoms with van der Waals surface area (Å²) in [4.78, 5) is 17.5. The number of ether oxygens (including phenoxy) is 1. The molecule has 0 unspecified atom stereocenters. The van der Waals surface area contributed by atoms with E-state index < -0.39 is 11.7 Å². The molecule has 3 rings (SSSR count). The van der Waals surface area contributed by atoms with Crippen LogP contribution in [0.3, 0.4) is 0 Å². The van der Waals surface area contributed by atoms with Gasteiger partial charge in [0.15, 0.2) is 0 Å². The molecular formula is C17H22F3N3O2. The van der Waals surface area contributed by atoms with Gasteiger partial charge in [-0.3, -0.25) is 9.80 Å². The summed E-state index contributed by atoms with van der Waals surface area (Å²) < 4.78 is 43.2. The van der Waals surface area contributed by atoms with Gasteiger partial charge in [0, 0.05) is 45.8 Å². The van der Waals surface area contributed by atoms with Crippen LogP contribution in [0, 0.1) is 0 Å². The van der Waals surface area contributed by atoms with Gasteiger partial charge in [0.05, 0.1) is 12.1 Å². The Labute approximate surface area is 144 Å². The SMILES string of the molecule is O=C1OCCN1CCN1CCN(Cc2cccc(C(F)(F)F)c2)CC1. The Morgan fingerprint density at radius 2 is 1.72 bits per heavy atom. The van der Waals surface area contributed by atoms with E-state index >= 15 is 0 Å². The molecule has 138 valence electrons. The van der Waals surface area contributed by atoms with Crippen molar-refractivity contribution < 1.29 is 22.7 Å². The first kappa shape index (κ1) is 18.0. The van der Waals surface area contributed by atoms with Gasteiger partial charge in [0.1, 0.15) is 6.61 Å². The predicted molar refractivity (Wildman–Crippen MR) is 86.1 cm³/mol. The molecule has 5 nitrogen and oxygen atoms in total. The maximum absolute atomic E-state index is 12.8. The standard InChI is InChI=1S/C17H22F3N3O2/c18-17(19,20)15-3-1-2-14(12-15)13-22-6-4-21(5-7-22)8-9-23-10-11-25-16(23)24/h1-3,12H,4-11,13H2. The van der Waals surface area contributed by atoms with Crippen molar-refractivity contribution >= 4 is 6.09 Å². The van der Waals surface area contributed by atoms with Crippen molar-refractivity contribution in [1.82, 2.24) is 14.7 Å². The summed E-state index contributed by atoms with van der Waals surface area (Å²) in [7, 11) is 0. The fourth-order valence-electron chi connectivity index (χ4n) is 3.17. The number of nitrogens with zero attached hydrogens (tertiary/aromatic N) is 3. The van der Waals surface area contributed by atoms with E-state index in [-0.39, 0.29) is 6.09 Å². The summed E-state index contributed by atoms with van der Waals surface area (Å²) >= 11 is 0. The van der Waals surface area contributed by atoms with Gasteiger partial charge in [0.25, 0.3) is 0 Å². The molecule has 1 aromatic rings. The van der Waals surface area contributed by atoms with E-state index in [1.165, 1.54) is 12.1 Å². The lowest BCUT2D eigenvalue weighted by Crippen LogP contribution is -2.48. The molecule has 2 aliphatic heterocycles. The first-order valence-corrected chi connectivity index (χ1v) is 8.44. The third-order valence-electron chi connectivity index (χ3n) is 4.66. The molecule has 1 aromatic carbocycles. The van der Waals surface area contributed by atoms with Crippen LogP contribution in [0.15, 0.2) is 24.3 Å². The van der Waals surface area contributed by atoms with E-state index in [1.807, 2.05) is 0 Å². The minimum Gasteiger partial charge on any atom is -0.448 e. The summed E-state index contributed by atoms with van der Waals surface area (Å²) in [5.74, 6) is 0. The van der Waals surface area contributed by atoms with E-state index in [1.54, 1.807) is 11.0 Å². The molecule has 0 radical (unpaired) electrons. The Morgan fingerprint density at radius 1 is 1.00 bits per heavy atom. The molecule has 0 aromatic heterocycles. The minimum atomic E-state index is -4.30. The molecule has 25 heavy (non-hydrogen) atoms. The summed E-state index contributed by atoms with van der Waals surface area (Å²) in [6, 6.07) is 5.53. The van der Waals surface area contributed by atoms with Crippen LogP contribution in [0.5, 0.6) is 0 Å². The van der Waals surface area contributed by atoms with Crippen molar-refractivity contribution in [2.45, 2.75) is 12.7 Å². The average Bonchev–Trinajstić information content (AvgIpc) is 2.99. The summed E-state index contributed by atoms with van der Waals surface area (Å²) in [6.07, 6.45) is -4.55. The summed E-state index contributed by atoms with van der Waals surface area (Å²) in [5.41, 5.74) is 0.0872. The number of carbonyl (C=O) groups excluding carboxylic acids is 1. The van der Waals surface area contributed by atoms with Gasteiger partial charge in [-0.15, -0.1) is 0 Å². The number of piperazine rings is 1. The van der Waals surface area contributed by atoms with Gasteiger partial charge in [-0.2, -0.15) is 13.2 Å². The third-order valence-corrected chi connectivity index (χ3v) is 4.66. The fourth-order valence-corrected chi connectivity index (χ4v) is 3.17. The number of rotatable bonds is 5. The number of amides is 1. The monoisotopic (exact) mass is 357 g/mol. The zero-order chi connectivity index (χ0) is 17.9. The molecular weight excluding hydrogens is 335 g/mol. The van der Waals surface area contributed by atoms with Crippen molar-refractivity contribution in [3.05, 3.63) is 35.4 Å². The molecule has 1 amide bonds. The minimum absolute atomic E-state index is 0.247. The van der Waals surface area contributed by atoms with E-state index in [9.17, 15) is 18.0 Å². The molecule has 0 spiro atoms. The van der Waals surface area contributed by atoms with E-state index in [0.717, 1.165) is 38.8 Å². The number of benzene rings is 1. The number of alkyl halides is 3. The molecule has 8 heteroatoms. The van der Waals surface area contributed by atoms with Gasteiger partial charge in [-0.25, -0.2) is 4.79 Å². The highest BCUT2D eigenvalue weighted by Crippen LogP contribution is 2.29. The van der Waals surface area contributed by atoms with Gasteiger partial charge in [0.2, 0.25) is 0 Å². The van der Waals surface area contributed by atoms with Crippen LogP contribution in [-0.4, -0.2) is 73.2 Å². The summed E-state index contributed by atoms with van der Waals surface area (Å²) in [6.45, 7) is 6.40. The molecule has 2 saturated heterocycles. The van der Waals surface area contributed by atoms with Crippen molar-refractivity contribution in [3.63, 3.8) is 0 Å². The van der Waals surface area contributed by atoms with Crippen molar-refractivity contribution in [1.29, 1.82) is 0 Å². The van der Waals surface area contributed by atoms with Crippen molar-refractivity contribution in [3.8, 4) is 0 Å². The Balaban J connectivity index is 1.44. The van der Waals surface area contributed by atoms with E-state index in [0.29, 0.717) is 31.8 Å². The second-order valence-corrected chi connectivity index (χ2v) is 6.42. The van der Waals surface area contributed by atoms with Gasteiger partial charge < -0.3 is 9.64 Å². The Morgan fingerprint density at radius 3 is 2.36 bits per heavy atom. The molecule has 0 N–H and O–H groups in total. The van der Waals surface area contributed by atoms with E-state index in [4.69, 9.17) is 4.74 Å². The zero-order valence-corrected chi connectivity index (χ0v) is 14.0. The molecule has 0 aliphatic carbocycles. The van der Waals surface area contributed by atoms with Crippen molar-refractivity contribution in [2.75, 3.05) is 52.4 Å². The van der Waals surface area contributed by atoms with Crippen LogP contribution >= 0.6 is 0 Å². The third kappa shape index (κ3) is 4.85. The second-order valence-electron chi connectivity index (χ2n) is 6.42. The van der Waals surface area contributed by atoms with Crippen LogP contribution in [0.2, 0.25) is 0 Å². The Kier molecular flexibility index (Phi) is 5.48. The van der Waals surface area contributed by atoms with E-state index in [2.05, 4.69) is 9.80 Å². The first-order valence-electron chi connectivity index (χ1n) is 8.44. The quantitative estimate of drug-likeness (QED) is 0.810. The van der Waals surface area contributed by atoms with Crippen LogP contribution in [0.25, 0.3) is 0 Å². The number of halogens is 3. The van der Waals surface area contributed by atoms with Crippen LogP contribution in [0.1, 0.15) is 11.1 Å². The highest BCUT2D eigenvalue weighted by atomic mass is 19.4. The maximum Gasteiger partial charge on any atom is 0.416 e. The molecule has 2 fully saturated rings. The highest BCUT2D eigenvalue weighted by molar-refractivity contribution is 5.69. The van der Waals surface area contributed by atoms with Crippen LogP contribution in [-0.2, 0) is 17.5 Å². The molecule has 0 saturated carbocycles. The van der Waals surface area contributed by atoms with Gasteiger partial charge in [-0.1, -0.05) is 18.2 Å². The lowest BCUT2D eigenvalue weighted by Gasteiger charge is -2.35. The first-order chi connectivity index (χ1) is 11.9.